The van der Waals surface area contributed by atoms with E-state index in [0.29, 0.717) is 16.9 Å². The topological polar surface area (TPSA) is 198 Å². The molecule has 0 aliphatic heterocycles. The van der Waals surface area contributed by atoms with Crippen molar-refractivity contribution in [3.05, 3.63) is 71.8 Å². The maximum absolute atomic E-state index is 14.4. The van der Waals surface area contributed by atoms with Gasteiger partial charge in [0.2, 0.25) is 21.9 Å². The molecule has 4 aromatic rings. The number of carbonyl (C=O) groups is 1. The van der Waals surface area contributed by atoms with E-state index in [-0.39, 0.29) is 44.1 Å². The quantitative estimate of drug-likeness (QED) is 0.179. The molecule has 17 heteroatoms. The molecule has 210 valence electrons. The standard InChI is InChI=1S/C23H23FN8O5S3/c1-13-21(38-23(28-13)29-14(2)33)40(36,37)27-11-15-6-8-16(9-7-15)30-20-19(24)12-26-22(32-20)31-17-4-3-5-18(10-17)39(25,34)35/h3-10,12,27H,11H2,1-2H3,(H2,25,34,35)(H,28,29,33)(H2,26,30,31,32). The Kier molecular flexibility index (Phi) is 8.40. The van der Waals surface area contributed by atoms with Crippen LogP contribution < -0.4 is 25.8 Å². The molecule has 0 bridgehead atoms. The Morgan fingerprint density at radius 3 is 2.42 bits per heavy atom. The van der Waals surface area contributed by atoms with Gasteiger partial charge < -0.3 is 16.0 Å². The number of halogens is 1. The molecule has 0 saturated heterocycles. The first-order valence-electron chi connectivity index (χ1n) is 11.3. The van der Waals surface area contributed by atoms with E-state index < -0.39 is 25.9 Å². The molecule has 2 aromatic carbocycles. The van der Waals surface area contributed by atoms with E-state index in [1.165, 1.54) is 32.0 Å². The van der Waals surface area contributed by atoms with Crippen molar-refractivity contribution in [1.82, 2.24) is 19.7 Å². The number of primary sulfonamides is 1. The minimum absolute atomic E-state index is 0.00140. The molecule has 4 rings (SSSR count). The maximum atomic E-state index is 14.4. The number of nitrogens with zero attached hydrogens (tertiary/aromatic N) is 3. The summed E-state index contributed by atoms with van der Waals surface area (Å²) in [7, 11) is -7.80. The number of hydrogen-bond acceptors (Lipinski definition) is 11. The summed E-state index contributed by atoms with van der Waals surface area (Å²) in [5.41, 5.74) is 1.68. The molecule has 0 unspecified atom stereocenters. The molecule has 0 radical (unpaired) electrons. The second kappa shape index (κ2) is 11.6. The summed E-state index contributed by atoms with van der Waals surface area (Å²) in [5, 5.41) is 13.4. The summed E-state index contributed by atoms with van der Waals surface area (Å²) in [6, 6.07) is 12.2. The fourth-order valence-corrected chi connectivity index (χ4v) is 6.40. The van der Waals surface area contributed by atoms with Crippen molar-refractivity contribution in [2.75, 3.05) is 16.0 Å². The number of aryl methyl sites for hydroxylation is 1. The number of amides is 1. The Morgan fingerprint density at radius 1 is 1.02 bits per heavy atom. The van der Waals surface area contributed by atoms with Crippen molar-refractivity contribution >= 4 is 65.6 Å². The Hall–Kier alpha value is -4.03. The number of carbonyl (C=O) groups excluding carboxylic acids is 1. The molecule has 1 amide bonds. The Morgan fingerprint density at radius 2 is 1.75 bits per heavy atom. The van der Waals surface area contributed by atoms with Gasteiger partial charge in [-0.15, -0.1) is 0 Å². The van der Waals surface area contributed by atoms with Gasteiger partial charge in [0.15, 0.2) is 21.0 Å². The van der Waals surface area contributed by atoms with E-state index in [1.54, 1.807) is 30.3 Å². The first-order chi connectivity index (χ1) is 18.8. The van der Waals surface area contributed by atoms with Crippen molar-refractivity contribution in [2.45, 2.75) is 29.5 Å². The molecule has 40 heavy (non-hydrogen) atoms. The zero-order valence-electron chi connectivity index (χ0n) is 21.0. The number of anilines is 5. The molecule has 0 aliphatic rings. The predicted molar refractivity (Wildman–Crippen MR) is 148 cm³/mol. The van der Waals surface area contributed by atoms with Crippen LogP contribution in [0.2, 0.25) is 0 Å². The van der Waals surface area contributed by atoms with Gasteiger partial charge in [0, 0.05) is 24.8 Å². The second-order valence-corrected chi connectivity index (χ2v) is 12.8. The van der Waals surface area contributed by atoms with Crippen LogP contribution in [0.15, 0.2) is 63.8 Å². The number of rotatable bonds is 10. The molecule has 2 heterocycles. The smallest absolute Gasteiger partial charge is 0.252 e. The third-order valence-corrected chi connectivity index (χ3v) is 9.12. The third-order valence-electron chi connectivity index (χ3n) is 5.13. The normalized spacial score (nSPS) is 11.7. The van der Waals surface area contributed by atoms with Crippen LogP contribution in [0.3, 0.4) is 0 Å². The third kappa shape index (κ3) is 7.33. The lowest BCUT2D eigenvalue weighted by Crippen LogP contribution is -2.23. The van der Waals surface area contributed by atoms with Crippen LogP contribution in [-0.2, 0) is 31.4 Å². The zero-order valence-corrected chi connectivity index (χ0v) is 23.4. The second-order valence-electron chi connectivity index (χ2n) is 8.31. The number of thiazole rings is 1. The lowest BCUT2D eigenvalue weighted by molar-refractivity contribution is -0.114. The predicted octanol–water partition coefficient (Wildman–Crippen LogP) is 2.95. The van der Waals surface area contributed by atoms with E-state index >= 15 is 0 Å². The van der Waals surface area contributed by atoms with Crippen LogP contribution in [0.25, 0.3) is 0 Å². The van der Waals surface area contributed by atoms with Gasteiger partial charge in [0.25, 0.3) is 10.0 Å². The summed E-state index contributed by atoms with van der Waals surface area (Å²) in [6.45, 7) is 2.81. The molecule has 2 aromatic heterocycles. The average Bonchev–Trinajstić information content (AvgIpc) is 3.25. The van der Waals surface area contributed by atoms with Gasteiger partial charge in [-0.1, -0.05) is 29.5 Å². The van der Waals surface area contributed by atoms with Crippen molar-refractivity contribution in [3.8, 4) is 0 Å². The Labute approximate surface area is 233 Å². The molecular weight excluding hydrogens is 584 g/mol. The van der Waals surface area contributed by atoms with Gasteiger partial charge in [-0.3, -0.25) is 4.79 Å². The highest BCUT2D eigenvalue weighted by Crippen LogP contribution is 2.27. The van der Waals surface area contributed by atoms with Crippen LogP contribution in [0.1, 0.15) is 18.2 Å². The number of nitrogens with two attached hydrogens (primary N) is 1. The number of nitrogens with one attached hydrogen (secondary N) is 4. The van der Waals surface area contributed by atoms with E-state index in [1.807, 2.05) is 0 Å². The molecule has 0 fully saturated rings. The molecular formula is C23H23FN8O5S3. The minimum Gasteiger partial charge on any atom is -0.338 e. The van der Waals surface area contributed by atoms with Gasteiger partial charge in [-0.2, -0.15) is 4.98 Å². The van der Waals surface area contributed by atoms with Crippen LogP contribution in [0.5, 0.6) is 0 Å². The van der Waals surface area contributed by atoms with Gasteiger partial charge >= 0.3 is 0 Å². The van der Waals surface area contributed by atoms with Crippen LogP contribution >= 0.6 is 11.3 Å². The van der Waals surface area contributed by atoms with Crippen LogP contribution in [-0.4, -0.2) is 37.7 Å². The zero-order chi connectivity index (χ0) is 29.1. The number of benzene rings is 2. The van der Waals surface area contributed by atoms with Crippen molar-refractivity contribution in [1.29, 1.82) is 0 Å². The monoisotopic (exact) mass is 606 g/mol. The van der Waals surface area contributed by atoms with Crippen molar-refractivity contribution in [2.24, 2.45) is 5.14 Å². The summed E-state index contributed by atoms with van der Waals surface area (Å²) >= 11 is 0.850. The first kappa shape index (κ1) is 29.0. The molecule has 13 nitrogen and oxygen atoms in total. The van der Waals surface area contributed by atoms with E-state index in [9.17, 15) is 26.0 Å². The first-order valence-corrected chi connectivity index (χ1v) is 15.2. The minimum atomic E-state index is -3.92. The lowest BCUT2D eigenvalue weighted by Gasteiger charge is -2.11. The summed E-state index contributed by atoms with van der Waals surface area (Å²) in [4.78, 5) is 23.1. The van der Waals surface area contributed by atoms with Crippen LogP contribution in [0, 0.1) is 12.7 Å². The molecule has 0 spiro atoms. The summed E-state index contributed by atoms with van der Waals surface area (Å²) in [5.74, 6) is -1.24. The number of sulfonamides is 2. The largest absolute Gasteiger partial charge is 0.338 e. The van der Waals surface area contributed by atoms with E-state index in [4.69, 9.17) is 5.14 Å². The Balaban J connectivity index is 1.42. The number of aromatic nitrogens is 3. The highest BCUT2D eigenvalue weighted by Gasteiger charge is 2.22. The van der Waals surface area contributed by atoms with Gasteiger partial charge in [-0.05, 0) is 42.8 Å². The Bertz CT molecular complexity index is 1780. The average molecular weight is 607 g/mol. The van der Waals surface area contributed by atoms with Crippen molar-refractivity contribution in [3.63, 3.8) is 0 Å². The molecule has 0 atom stereocenters. The molecule has 0 saturated carbocycles. The molecule has 6 N–H and O–H groups in total. The fourth-order valence-electron chi connectivity index (χ4n) is 3.32. The van der Waals surface area contributed by atoms with E-state index in [2.05, 4.69) is 35.6 Å². The van der Waals surface area contributed by atoms with Gasteiger partial charge in [0.1, 0.15) is 0 Å². The highest BCUT2D eigenvalue weighted by atomic mass is 32.2. The van der Waals surface area contributed by atoms with Crippen LogP contribution in [0.4, 0.5) is 32.7 Å². The summed E-state index contributed by atoms with van der Waals surface area (Å²) < 4.78 is 65.5. The SMILES string of the molecule is CC(=O)Nc1nc(C)c(S(=O)(=O)NCc2ccc(Nc3nc(Nc4cccc(S(N)(=O)=O)c4)ncc3F)cc2)s1. The van der Waals surface area contributed by atoms with Gasteiger partial charge in [-0.25, -0.2) is 41.1 Å². The maximum Gasteiger partial charge on any atom is 0.252 e. The lowest BCUT2D eigenvalue weighted by atomic mass is 10.2. The number of hydrogen-bond donors (Lipinski definition) is 5. The van der Waals surface area contributed by atoms with Gasteiger partial charge in [0.05, 0.1) is 16.8 Å². The van der Waals surface area contributed by atoms with E-state index in [0.717, 1.165) is 17.5 Å². The highest BCUT2D eigenvalue weighted by molar-refractivity contribution is 7.91. The summed E-state index contributed by atoms with van der Waals surface area (Å²) in [6.07, 6.45) is 0.948. The fraction of sp³-hybridized carbons (Fsp3) is 0.130. The van der Waals surface area contributed by atoms with Crippen molar-refractivity contribution < 1.29 is 26.0 Å². The molecule has 0 aliphatic carbocycles.